The van der Waals surface area contributed by atoms with Gasteiger partial charge in [-0.3, -0.25) is 4.79 Å². The van der Waals surface area contributed by atoms with E-state index in [2.05, 4.69) is 10.2 Å². The molecule has 2 aromatic rings. The fraction of sp³-hybridized carbons (Fsp3) is 0.421. The zero-order valence-corrected chi connectivity index (χ0v) is 14.7. The van der Waals surface area contributed by atoms with E-state index in [4.69, 9.17) is 20.8 Å². The van der Waals surface area contributed by atoms with Crippen LogP contribution in [0.3, 0.4) is 0 Å². The molecular formula is C19H21ClN2O3. The highest BCUT2D eigenvalue weighted by Crippen LogP contribution is 2.27. The number of benzene rings is 1. The number of fused-ring (bicyclic) bond motifs is 3. The van der Waals surface area contributed by atoms with Gasteiger partial charge in [0.2, 0.25) is 0 Å². The third kappa shape index (κ3) is 3.83. The number of nitrogens with zero attached hydrogens (tertiary/aromatic N) is 1. The minimum atomic E-state index is -0.142. The Labute approximate surface area is 151 Å². The van der Waals surface area contributed by atoms with Crippen LogP contribution in [0.5, 0.6) is 5.75 Å². The minimum absolute atomic E-state index is 0.142. The molecule has 3 fully saturated rings. The zero-order valence-electron chi connectivity index (χ0n) is 13.9. The van der Waals surface area contributed by atoms with E-state index in [-0.39, 0.29) is 18.6 Å². The second-order valence-electron chi connectivity index (χ2n) is 6.73. The van der Waals surface area contributed by atoms with Crippen molar-refractivity contribution in [1.29, 1.82) is 0 Å². The van der Waals surface area contributed by atoms with E-state index in [1.54, 1.807) is 36.4 Å². The number of carbonyl (C=O) groups is 1. The molecule has 5 nitrogen and oxygen atoms in total. The number of carbonyl (C=O) groups excluding carboxylic acids is 1. The van der Waals surface area contributed by atoms with Crippen LogP contribution in [0.4, 0.5) is 0 Å². The van der Waals surface area contributed by atoms with E-state index < -0.39 is 0 Å². The molecular weight excluding hydrogens is 340 g/mol. The van der Waals surface area contributed by atoms with Crippen LogP contribution in [0, 0.1) is 5.92 Å². The first-order valence-electron chi connectivity index (χ1n) is 8.68. The number of rotatable bonds is 5. The molecule has 132 valence electrons. The third-order valence-electron chi connectivity index (χ3n) is 5.05. The molecule has 1 aromatic heterocycles. The molecule has 25 heavy (non-hydrogen) atoms. The minimum Gasteiger partial charge on any atom is -0.486 e. The highest BCUT2D eigenvalue weighted by atomic mass is 35.5. The Morgan fingerprint density at radius 1 is 1.20 bits per heavy atom. The summed E-state index contributed by atoms with van der Waals surface area (Å²) in [5, 5.41) is 3.79. The zero-order chi connectivity index (χ0) is 17.2. The lowest BCUT2D eigenvalue weighted by Gasteiger charge is -2.44. The summed E-state index contributed by atoms with van der Waals surface area (Å²) < 4.78 is 11.3. The van der Waals surface area contributed by atoms with E-state index >= 15 is 0 Å². The van der Waals surface area contributed by atoms with E-state index in [9.17, 15) is 4.79 Å². The van der Waals surface area contributed by atoms with Crippen molar-refractivity contribution in [3.05, 3.63) is 52.9 Å². The normalized spacial score (nSPS) is 24.9. The monoisotopic (exact) mass is 360 g/mol. The molecule has 3 aliphatic rings. The summed E-state index contributed by atoms with van der Waals surface area (Å²) in [4.78, 5) is 14.9. The average Bonchev–Trinajstić information content (AvgIpc) is 3.11. The van der Waals surface area contributed by atoms with E-state index in [0.29, 0.717) is 28.2 Å². The van der Waals surface area contributed by atoms with Crippen LogP contribution < -0.4 is 10.1 Å². The maximum Gasteiger partial charge on any atom is 0.287 e. The SMILES string of the molecule is O=C(NC1CN2CCC1CC2)c1ccc(COc2ccc(Cl)cc2)o1. The molecule has 3 saturated heterocycles. The lowest BCUT2D eigenvalue weighted by Crippen LogP contribution is -2.57. The molecule has 1 N–H and O–H groups in total. The maximum absolute atomic E-state index is 12.4. The number of furan rings is 1. The van der Waals surface area contributed by atoms with Gasteiger partial charge in [-0.1, -0.05) is 11.6 Å². The second-order valence-corrected chi connectivity index (χ2v) is 7.16. The Balaban J connectivity index is 1.32. The van der Waals surface area contributed by atoms with E-state index in [0.717, 1.165) is 19.6 Å². The quantitative estimate of drug-likeness (QED) is 0.888. The Morgan fingerprint density at radius 3 is 2.64 bits per heavy atom. The van der Waals surface area contributed by atoms with Gasteiger partial charge in [0, 0.05) is 17.6 Å². The molecule has 0 radical (unpaired) electrons. The van der Waals surface area contributed by atoms with Crippen molar-refractivity contribution in [3.8, 4) is 5.75 Å². The Bertz CT molecular complexity index is 735. The number of ether oxygens (including phenoxy) is 1. The Kier molecular flexibility index (Phi) is 4.68. The summed E-state index contributed by atoms with van der Waals surface area (Å²) >= 11 is 5.85. The van der Waals surface area contributed by atoms with Crippen LogP contribution in [0.2, 0.25) is 5.02 Å². The van der Waals surface area contributed by atoms with Gasteiger partial charge in [-0.2, -0.15) is 0 Å². The molecule has 1 aromatic carbocycles. The van der Waals surface area contributed by atoms with Gasteiger partial charge in [0.15, 0.2) is 5.76 Å². The number of nitrogens with one attached hydrogen (secondary N) is 1. The number of hydrogen-bond donors (Lipinski definition) is 1. The van der Waals surface area contributed by atoms with Gasteiger partial charge in [0.25, 0.3) is 5.91 Å². The standard InChI is InChI=1S/C19H21ClN2O3/c20-14-1-3-15(4-2-14)24-12-16-5-6-18(25-16)19(23)21-17-11-22-9-7-13(17)8-10-22/h1-6,13,17H,7-12H2,(H,21,23). The van der Waals surface area contributed by atoms with Crippen molar-refractivity contribution in [2.75, 3.05) is 19.6 Å². The van der Waals surface area contributed by atoms with Crippen molar-refractivity contribution < 1.29 is 13.9 Å². The van der Waals surface area contributed by atoms with Gasteiger partial charge in [0.05, 0.1) is 0 Å². The number of amides is 1. The van der Waals surface area contributed by atoms with Crippen molar-refractivity contribution in [1.82, 2.24) is 10.2 Å². The van der Waals surface area contributed by atoms with Crippen LogP contribution in [-0.4, -0.2) is 36.5 Å². The lowest BCUT2D eigenvalue weighted by molar-refractivity contribution is 0.0604. The second kappa shape index (κ2) is 7.10. The Morgan fingerprint density at radius 2 is 1.96 bits per heavy atom. The summed E-state index contributed by atoms with van der Waals surface area (Å²) in [7, 11) is 0. The van der Waals surface area contributed by atoms with Gasteiger partial charge in [-0.25, -0.2) is 0 Å². The molecule has 1 amide bonds. The molecule has 0 aliphatic carbocycles. The highest BCUT2D eigenvalue weighted by molar-refractivity contribution is 6.30. The Hall–Kier alpha value is -1.98. The fourth-order valence-corrected chi connectivity index (χ4v) is 3.76. The van der Waals surface area contributed by atoms with Crippen LogP contribution in [0.15, 0.2) is 40.8 Å². The number of hydrogen-bond acceptors (Lipinski definition) is 4. The van der Waals surface area contributed by atoms with Crippen molar-refractivity contribution >= 4 is 17.5 Å². The van der Waals surface area contributed by atoms with Gasteiger partial charge >= 0.3 is 0 Å². The summed E-state index contributed by atoms with van der Waals surface area (Å²) in [6.45, 7) is 3.53. The van der Waals surface area contributed by atoms with Gasteiger partial charge < -0.3 is 19.4 Å². The predicted octanol–water partition coefficient (Wildman–Crippen LogP) is 3.34. The van der Waals surface area contributed by atoms with Crippen molar-refractivity contribution in [2.45, 2.75) is 25.5 Å². The molecule has 4 heterocycles. The summed E-state index contributed by atoms with van der Waals surface area (Å²) in [6, 6.07) is 10.9. The van der Waals surface area contributed by atoms with E-state index in [1.807, 2.05) is 0 Å². The summed E-state index contributed by atoms with van der Waals surface area (Å²) in [5.74, 6) is 2.12. The van der Waals surface area contributed by atoms with Crippen LogP contribution >= 0.6 is 11.6 Å². The highest BCUT2D eigenvalue weighted by Gasteiger charge is 2.35. The molecule has 0 spiro atoms. The molecule has 2 bridgehead atoms. The smallest absolute Gasteiger partial charge is 0.287 e. The van der Waals surface area contributed by atoms with E-state index in [1.165, 1.54) is 12.8 Å². The number of piperidine rings is 3. The van der Waals surface area contributed by atoms with Crippen molar-refractivity contribution in [2.24, 2.45) is 5.92 Å². The van der Waals surface area contributed by atoms with Crippen LogP contribution in [0.1, 0.15) is 29.2 Å². The van der Waals surface area contributed by atoms with Crippen molar-refractivity contribution in [3.63, 3.8) is 0 Å². The first-order chi connectivity index (χ1) is 12.2. The maximum atomic E-state index is 12.4. The summed E-state index contributed by atoms with van der Waals surface area (Å²) in [6.07, 6.45) is 2.34. The molecule has 6 heteroatoms. The van der Waals surface area contributed by atoms with Gasteiger partial charge in [0.1, 0.15) is 18.1 Å². The van der Waals surface area contributed by atoms with Crippen LogP contribution in [-0.2, 0) is 6.61 Å². The first-order valence-corrected chi connectivity index (χ1v) is 9.05. The topological polar surface area (TPSA) is 54.7 Å². The largest absolute Gasteiger partial charge is 0.486 e. The molecule has 5 rings (SSSR count). The first kappa shape index (κ1) is 16.5. The lowest BCUT2D eigenvalue weighted by atomic mass is 9.84. The summed E-state index contributed by atoms with van der Waals surface area (Å²) in [5.41, 5.74) is 0. The van der Waals surface area contributed by atoms with Gasteiger partial charge in [-0.15, -0.1) is 0 Å². The molecule has 0 saturated carbocycles. The molecule has 3 aliphatic heterocycles. The molecule has 1 atom stereocenters. The third-order valence-corrected chi connectivity index (χ3v) is 5.30. The average molecular weight is 361 g/mol. The molecule has 1 unspecified atom stereocenters. The van der Waals surface area contributed by atoms with Crippen LogP contribution in [0.25, 0.3) is 0 Å². The predicted molar refractivity (Wildman–Crippen MR) is 94.9 cm³/mol. The fourth-order valence-electron chi connectivity index (χ4n) is 3.63. The number of halogens is 1. The van der Waals surface area contributed by atoms with Gasteiger partial charge in [-0.05, 0) is 68.2 Å².